The molecule has 0 radical (unpaired) electrons. The predicted octanol–water partition coefficient (Wildman–Crippen LogP) is 0.843. The van der Waals surface area contributed by atoms with Gasteiger partial charge in [-0.15, -0.1) is 6.58 Å². The molecule has 0 bridgehead atoms. The van der Waals surface area contributed by atoms with Crippen LogP contribution in [0.3, 0.4) is 0 Å². The summed E-state index contributed by atoms with van der Waals surface area (Å²) in [5.74, 6) is 0.143. The molecule has 14 heavy (non-hydrogen) atoms. The number of carbonyl (C=O) groups excluding carboxylic acids is 1. The molecular weight excluding hydrogens is 180 g/mol. The fourth-order valence-corrected chi connectivity index (χ4v) is 1.16. The average Bonchev–Trinajstić information content (AvgIpc) is 2.69. The van der Waals surface area contributed by atoms with Crippen LogP contribution in [0.5, 0.6) is 0 Å². The van der Waals surface area contributed by atoms with E-state index in [0.717, 1.165) is 6.42 Å². The van der Waals surface area contributed by atoms with Crippen LogP contribution in [0.15, 0.2) is 19.0 Å². The predicted molar refractivity (Wildman–Crippen MR) is 52.8 cm³/mol. The molecule has 1 aromatic rings. The Hall–Kier alpha value is -1.65. The Labute approximate surface area is 82.8 Å². The van der Waals surface area contributed by atoms with Crippen molar-refractivity contribution < 1.29 is 4.79 Å². The smallest absolute Gasteiger partial charge is 0.291 e. The Morgan fingerprint density at radius 2 is 2.57 bits per heavy atom. The topological polar surface area (TPSA) is 61.9 Å². The van der Waals surface area contributed by atoms with Crippen LogP contribution in [0.2, 0.25) is 0 Å². The first-order valence-electron chi connectivity index (χ1n) is 4.55. The first kappa shape index (κ1) is 10.4. The molecule has 0 atom stereocenters. The minimum absolute atomic E-state index is 0.135. The third-order valence-electron chi connectivity index (χ3n) is 1.75. The number of amides is 1. The molecule has 1 heterocycles. The summed E-state index contributed by atoms with van der Waals surface area (Å²) >= 11 is 0. The summed E-state index contributed by atoms with van der Waals surface area (Å²) in [5, 5.41) is 6.18. The van der Waals surface area contributed by atoms with E-state index in [1.807, 2.05) is 6.92 Å². The summed E-state index contributed by atoms with van der Waals surface area (Å²) in [5.41, 5.74) is 0. The van der Waals surface area contributed by atoms with Crippen molar-refractivity contribution in [1.29, 1.82) is 0 Å². The molecule has 0 spiro atoms. The minimum Gasteiger partial charge on any atom is -0.332 e. The maximum atomic E-state index is 11.7. The standard InChI is InChI=1S/C9H14N4O/c1-3-5-13(6-4-2)9(14)8-10-7-11-12-8/h3,7H,1,4-6H2,2H3,(H,10,11,12). The molecule has 0 unspecified atom stereocenters. The van der Waals surface area contributed by atoms with E-state index in [9.17, 15) is 4.79 Å². The van der Waals surface area contributed by atoms with Gasteiger partial charge in [-0.2, -0.15) is 5.10 Å². The largest absolute Gasteiger partial charge is 0.332 e. The van der Waals surface area contributed by atoms with Crippen LogP contribution in [-0.2, 0) is 0 Å². The summed E-state index contributed by atoms with van der Waals surface area (Å²) in [7, 11) is 0. The van der Waals surface area contributed by atoms with Crippen molar-refractivity contribution in [2.45, 2.75) is 13.3 Å². The lowest BCUT2D eigenvalue weighted by molar-refractivity contribution is 0.0762. The van der Waals surface area contributed by atoms with Gasteiger partial charge in [0, 0.05) is 13.1 Å². The summed E-state index contributed by atoms with van der Waals surface area (Å²) in [6.07, 6.45) is 3.93. The van der Waals surface area contributed by atoms with E-state index in [2.05, 4.69) is 21.8 Å². The molecule has 0 aliphatic carbocycles. The third kappa shape index (κ3) is 2.42. The lowest BCUT2D eigenvalue weighted by atomic mass is 10.3. The van der Waals surface area contributed by atoms with Crippen molar-refractivity contribution in [3.8, 4) is 0 Å². The molecular formula is C9H14N4O. The number of nitrogens with zero attached hydrogens (tertiary/aromatic N) is 3. The first-order valence-corrected chi connectivity index (χ1v) is 4.55. The Kier molecular flexibility index (Phi) is 3.84. The summed E-state index contributed by atoms with van der Waals surface area (Å²) in [4.78, 5) is 17.2. The SMILES string of the molecule is C=CCN(CCC)C(=O)c1ncn[nH]1. The Morgan fingerprint density at radius 1 is 1.79 bits per heavy atom. The van der Waals surface area contributed by atoms with Gasteiger partial charge < -0.3 is 4.90 Å². The molecule has 1 rings (SSSR count). The van der Waals surface area contributed by atoms with Crippen LogP contribution in [0.25, 0.3) is 0 Å². The molecule has 1 aromatic heterocycles. The van der Waals surface area contributed by atoms with Crippen LogP contribution in [0.1, 0.15) is 24.0 Å². The van der Waals surface area contributed by atoms with E-state index in [-0.39, 0.29) is 11.7 Å². The van der Waals surface area contributed by atoms with Crippen molar-refractivity contribution in [3.05, 3.63) is 24.8 Å². The van der Waals surface area contributed by atoms with Crippen LogP contribution in [0, 0.1) is 0 Å². The number of carbonyl (C=O) groups is 1. The van der Waals surface area contributed by atoms with E-state index >= 15 is 0 Å². The highest BCUT2D eigenvalue weighted by molar-refractivity contribution is 5.90. The van der Waals surface area contributed by atoms with Gasteiger partial charge in [0.15, 0.2) is 0 Å². The fraction of sp³-hybridized carbons (Fsp3) is 0.444. The minimum atomic E-state index is -0.135. The molecule has 0 aliphatic rings. The molecule has 76 valence electrons. The van der Waals surface area contributed by atoms with Crippen LogP contribution in [-0.4, -0.2) is 39.1 Å². The number of aromatic amines is 1. The Balaban J connectivity index is 2.68. The second-order valence-electron chi connectivity index (χ2n) is 2.87. The van der Waals surface area contributed by atoms with Gasteiger partial charge in [-0.25, -0.2) is 4.98 Å². The number of nitrogens with one attached hydrogen (secondary N) is 1. The molecule has 0 aliphatic heterocycles. The molecule has 1 N–H and O–H groups in total. The summed E-state index contributed by atoms with van der Waals surface area (Å²) in [6, 6.07) is 0. The van der Waals surface area contributed by atoms with Gasteiger partial charge in [-0.05, 0) is 6.42 Å². The van der Waals surface area contributed by atoms with Gasteiger partial charge in [-0.3, -0.25) is 9.89 Å². The van der Waals surface area contributed by atoms with Gasteiger partial charge in [0.25, 0.3) is 5.91 Å². The van der Waals surface area contributed by atoms with E-state index < -0.39 is 0 Å². The molecule has 1 amide bonds. The van der Waals surface area contributed by atoms with E-state index in [1.165, 1.54) is 6.33 Å². The second kappa shape index (κ2) is 5.16. The zero-order valence-electron chi connectivity index (χ0n) is 8.23. The fourth-order valence-electron chi connectivity index (χ4n) is 1.16. The van der Waals surface area contributed by atoms with Crippen LogP contribution in [0.4, 0.5) is 0 Å². The van der Waals surface area contributed by atoms with E-state index in [1.54, 1.807) is 11.0 Å². The number of hydrogen-bond acceptors (Lipinski definition) is 3. The van der Waals surface area contributed by atoms with Gasteiger partial charge in [0.05, 0.1) is 0 Å². The Morgan fingerprint density at radius 3 is 3.07 bits per heavy atom. The number of rotatable bonds is 5. The van der Waals surface area contributed by atoms with Crippen molar-refractivity contribution in [2.75, 3.05) is 13.1 Å². The zero-order chi connectivity index (χ0) is 10.4. The van der Waals surface area contributed by atoms with Crippen molar-refractivity contribution in [2.24, 2.45) is 0 Å². The Bertz CT molecular complexity index is 294. The number of aromatic nitrogens is 3. The highest BCUT2D eigenvalue weighted by Crippen LogP contribution is 1.99. The lowest BCUT2D eigenvalue weighted by Crippen LogP contribution is -2.32. The molecule has 5 nitrogen and oxygen atoms in total. The highest BCUT2D eigenvalue weighted by Gasteiger charge is 2.15. The number of hydrogen-bond donors (Lipinski definition) is 1. The van der Waals surface area contributed by atoms with Crippen molar-refractivity contribution in [1.82, 2.24) is 20.1 Å². The van der Waals surface area contributed by atoms with E-state index in [4.69, 9.17) is 0 Å². The lowest BCUT2D eigenvalue weighted by Gasteiger charge is -2.18. The van der Waals surface area contributed by atoms with Gasteiger partial charge in [0.2, 0.25) is 5.82 Å². The van der Waals surface area contributed by atoms with Crippen molar-refractivity contribution in [3.63, 3.8) is 0 Å². The quantitative estimate of drug-likeness (QED) is 0.706. The molecule has 0 saturated carbocycles. The van der Waals surface area contributed by atoms with Crippen molar-refractivity contribution >= 4 is 5.91 Å². The summed E-state index contributed by atoms with van der Waals surface area (Å²) in [6.45, 7) is 6.86. The molecule has 5 heteroatoms. The first-order chi connectivity index (χ1) is 6.79. The van der Waals surface area contributed by atoms with Gasteiger partial charge >= 0.3 is 0 Å². The van der Waals surface area contributed by atoms with Crippen LogP contribution < -0.4 is 0 Å². The van der Waals surface area contributed by atoms with Gasteiger partial charge in [0.1, 0.15) is 6.33 Å². The van der Waals surface area contributed by atoms with E-state index in [0.29, 0.717) is 13.1 Å². The normalized spacial score (nSPS) is 9.79. The maximum Gasteiger partial charge on any atom is 0.291 e. The van der Waals surface area contributed by atoms with Crippen LogP contribution >= 0.6 is 0 Å². The third-order valence-corrected chi connectivity index (χ3v) is 1.75. The number of H-pyrrole nitrogens is 1. The average molecular weight is 194 g/mol. The van der Waals surface area contributed by atoms with Gasteiger partial charge in [-0.1, -0.05) is 13.0 Å². The monoisotopic (exact) mass is 194 g/mol. The summed E-state index contributed by atoms with van der Waals surface area (Å²) < 4.78 is 0. The highest BCUT2D eigenvalue weighted by atomic mass is 16.2. The second-order valence-corrected chi connectivity index (χ2v) is 2.87. The maximum absolute atomic E-state index is 11.7. The molecule has 0 aromatic carbocycles. The molecule has 0 fully saturated rings. The molecule has 0 saturated heterocycles. The zero-order valence-corrected chi connectivity index (χ0v) is 8.23.